The van der Waals surface area contributed by atoms with Crippen LogP contribution in [0.4, 0.5) is 4.79 Å². The molecule has 2 rings (SSSR count). The maximum atomic E-state index is 12.7. The van der Waals surface area contributed by atoms with E-state index < -0.39 is 23.7 Å². The zero-order chi connectivity index (χ0) is 22.9. The minimum Gasteiger partial charge on any atom is -0.497 e. The van der Waals surface area contributed by atoms with Gasteiger partial charge in [-0.15, -0.1) is 0 Å². The maximum Gasteiger partial charge on any atom is 0.408 e. The number of methoxy groups -OCH3 is 1. The Bertz CT molecular complexity index is 844. The zero-order valence-electron chi connectivity index (χ0n) is 18.8. The summed E-state index contributed by atoms with van der Waals surface area (Å²) in [7, 11) is 1.62. The van der Waals surface area contributed by atoms with Crippen molar-refractivity contribution in [2.75, 3.05) is 12.9 Å². The van der Waals surface area contributed by atoms with Gasteiger partial charge in [-0.3, -0.25) is 0 Å². The smallest absolute Gasteiger partial charge is 0.408 e. The van der Waals surface area contributed by atoms with E-state index in [1.54, 1.807) is 27.9 Å². The van der Waals surface area contributed by atoms with E-state index in [4.69, 9.17) is 14.2 Å². The average molecular weight is 446 g/mol. The van der Waals surface area contributed by atoms with E-state index >= 15 is 0 Å². The summed E-state index contributed by atoms with van der Waals surface area (Å²) in [5, 5.41) is 2.65. The van der Waals surface area contributed by atoms with E-state index in [0.717, 1.165) is 22.4 Å². The van der Waals surface area contributed by atoms with Crippen molar-refractivity contribution >= 4 is 23.8 Å². The summed E-state index contributed by atoms with van der Waals surface area (Å²) in [6, 6.07) is 14.7. The van der Waals surface area contributed by atoms with Gasteiger partial charge in [-0.25, -0.2) is 9.59 Å². The highest BCUT2D eigenvalue weighted by Crippen LogP contribution is 2.18. The summed E-state index contributed by atoms with van der Waals surface area (Å²) >= 11 is 1.53. The molecule has 0 bridgehead atoms. The van der Waals surface area contributed by atoms with Crippen LogP contribution in [0.2, 0.25) is 0 Å². The number of nitrogens with one attached hydrogen (secondary N) is 1. The fraction of sp³-hybridized carbons (Fsp3) is 0.417. The molecule has 0 aliphatic heterocycles. The third kappa shape index (κ3) is 9.34. The first kappa shape index (κ1) is 24.6. The van der Waals surface area contributed by atoms with Crippen LogP contribution in [-0.4, -0.2) is 36.6 Å². The molecule has 6 nitrogen and oxygen atoms in total. The number of esters is 1. The molecular weight excluding hydrogens is 414 g/mol. The quantitative estimate of drug-likeness (QED) is 0.555. The summed E-state index contributed by atoms with van der Waals surface area (Å²) < 4.78 is 15.9. The summed E-state index contributed by atoms with van der Waals surface area (Å²) in [5.74, 6) is 1.34. The predicted molar refractivity (Wildman–Crippen MR) is 123 cm³/mol. The molecule has 2 aromatic rings. The number of benzene rings is 2. The number of aryl methyl sites for hydroxylation is 1. The topological polar surface area (TPSA) is 73.9 Å². The van der Waals surface area contributed by atoms with Gasteiger partial charge < -0.3 is 19.5 Å². The lowest BCUT2D eigenvalue weighted by atomic mass is 10.2. The molecule has 0 radical (unpaired) electrons. The highest BCUT2D eigenvalue weighted by Gasteiger charge is 2.25. The van der Waals surface area contributed by atoms with Gasteiger partial charge in [0.25, 0.3) is 0 Å². The normalized spacial score (nSPS) is 12.0. The number of carbonyl (C=O) groups excluding carboxylic acids is 2. The molecule has 0 aliphatic rings. The van der Waals surface area contributed by atoms with E-state index in [2.05, 4.69) is 5.32 Å². The van der Waals surface area contributed by atoms with Crippen LogP contribution in [0.25, 0.3) is 0 Å². The molecule has 0 heterocycles. The molecule has 2 aromatic carbocycles. The van der Waals surface area contributed by atoms with Gasteiger partial charge in [0.05, 0.1) is 7.11 Å². The largest absolute Gasteiger partial charge is 0.497 e. The standard InChI is InChI=1S/C24H31NO5S/c1-17-6-8-18(9-7-17)14-29-22(26)21(25-23(27)30-24(2,3)4)16-31-15-19-10-12-20(28-5)13-11-19/h6-13,21H,14-16H2,1-5H3,(H,25,27)/t21-/m0/s1. The number of alkyl carbamates (subject to hydrolysis) is 1. The van der Waals surface area contributed by atoms with Crippen molar-refractivity contribution < 1.29 is 23.8 Å². The second kappa shape index (κ2) is 11.6. The molecule has 0 saturated heterocycles. The zero-order valence-corrected chi connectivity index (χ0v) is 19.6. The number of hydrogen-bond acceptors (Lipinski definition) is 6. The molecule has 0 saturated carbocycles. The Morgan fingerprint density at radius 3 is 2.19 bits per heavy atom. The molecule has 0 aliphatic carbocycles. The molecule has 7 heteroatoms. The lowest BCUT2D eigenvalue weighted by Crippen LogP contribution is -2.45. The van der Waals surface area contributed by atoms with Crippen LogP contribution in [-0.2, 0) is 26.6 Å². The number of ether oxygens (including phenoxy) is 3. The number of hydrogen-bond donors (Lipinski definition) is 1. The molecule has 1 N–H and O–H groups in total. The van der Waals surface area contributed by atoms with Crippen LogP contribution < -0.4 is 10.1 Å². The van der Waals surface area contributed by atoms with Gasteiger partial charge in [0.15, 0.2) is 0 Å². The molecule has 1 atom stereocenters. The second-order valence-corrected chi connectivity index (χ2v) is 9.19. The Hall–Kier alpha value is -2.67. The van der Waals surface area contributed by atoms with Crippen molar-refractivity contribution in [3.05, 3.63) is 65.2 Å². The maximum absolute atomic E-state index is 12.7. The Kier molecular flexibility index (Phi) is 9.24. The second-order valence-electron chi connectivity index (χ2n) is 8.16. The molecule has 0 spiro atoms. The highest BCUT2D eigenvalue weighted by atomic mass is 32.2. The van der Waals surface area contributed by atoms with Crippen LogP contribution in [0.15, 0.2) is 48.5 Å². The number of thioether (sulfide) groups is 1. The number of carbonyl (C=O) groups is 2. The molecule has 1 amide bonds. The van der Waals surface area contributed by atoms with Gasteiger partial charge in [0.1, 0.15) is 24.0 Å². The first-order chi connectivity index (χ1) is 14.7. The van der Waals surface area contributed by atoms with E-state index in [1.165, 1.54) is 11.8 Å². The molecule has 0 unspecified atom stereocenters. The lowest BCUT2D eigenvalue weighted by molar-refractivity contribution is -0.146. The van der Waals surface area contributed by atoms with Gasteiger partial charge in [0, 0.05) is 11.5 Å². The first-order valence-electron chi connectivity index (χ1n) is 10.1. The van der Waals surface area contributed by atoms with Crippen molar-refractivity contribution in [3.63, 3.8) is 0 Å². The van der Waals surface area contributed by atoms with Crippen molar-refractivity contribution in [2.24, 2.45) is 0 Å². The van der Waals surface area contributed by atoms with Gasteiger partial charge in [0.2, 0.25) is 0 Å². The number of rotatable bonds is 9. The Balaban J connectivity index is 1.95. The van der Waals surface area contributed by atoms with E-state index in [-0.39, 0.29) is 6.61 Å². The minimum absolute atomic E-state index is 0.148. The van der Waals surface area contributed by atoms with Gasteiger partial charge >= 0.3 is 12.1 Å². The minimum atomic E-state index is -0.816. The third-order valence-corrected chi connectivity index (χ3v) is 5.30. The third-order valence-electron chi connectivity index (χ3n) is 4.19. The SMILES string of the molecule is COc1ccc(CSC[C@H](NC(=O)OC(C)(C)C)C(=O)OCc2ccc(C)cc2)cc1. The summed E-state index contributed by atoms with van der Waals surface area (Å²) in [6.45, 7) is 7.46. The van der Waals surface area contributed by atoms with Gasteiger partial charge in [-0.05, 0) is 51.0 Å². The van der Waals surface area contributed by atoms with E-state index in [9.17, 15) is 9.59 Å². The fourth-order valence-corrected chi connectivity index (χ4v) is 3.58. The lowest BCUT2D eigenvalue weighted by Gasteiger charge is -2.23. The molecule has 0 aromatic heterocycles. The summed E-state index contributed by atoms with van der Waals surface area (Å²) in [6.07, 6.45) is -0.644. The predicted octanol–water partition coefficient (Wildman–Crippen LogP) is 4.87. The van der Waals surface area contributed by atoms with Crippen LogP contribution in [0.5, 0.6) is 5.75 Å². The van der Waals surface area contributed by atoms with E-state index in [0.29, 0.717) is 11.5 Å². The summed E-state index contributed by atoms with van der Waals surface area (Å²) in [4.78, 5) is 24.9. The van der Waals surface area contributed by atoms with Crippen LogP contribution in [0.1, 0.15) is 37.5 Å². The van der Waals surface area contributed by atoms with Crippen molar-refractivity contribution in [1.29, 1.82) is 0 Å². The molecule has 31 heavy (non-hydrogen) atoms. The first-order valence-corrected chi connectivity index (χ1v) is 11.2. The fourth-order valence-electron chi connectivity index (χ4n) is 2.57. The number of amides is 1. The average Bonchev–Trinajstić information content (AvgIpc) is 2.71. The summed E-state index contributed by atoms with van der Waals surface area (Å²) in [5.41, 5.74) is 2.46. The van der Waals surface area contributed by atoms with Crippen LogP contribution >= 0.6 is 11.8 Å². The molecule has 0 fully saturated rings. The van der Waals surface area contributed by atoms with E-state index in [1.807, 2.05) is 55.5 Å². The van der Waals surface area contributed by atoms with Crippen molar-refractivity contribution in [1.82, 2.24) is 5.32 Å². The van der Waals surface area contributed by atoms with Crippen molar-refractivity contribution in [3.8, 4) is 5.75 Å². The van der Waals surface area contributed by atoms with Gasteiger partial charge in [-0.1, -0.05) is 42.0 Å². The Morgan fingerprint density at radius 2 is 1.61 bits per heavy atom. The molecular formula is C24H31NO5S. The van der Waals surface area contributed by atoms with Crippen LogP contribution in [0.3, 0.4) is 0 Å². The molecule has 168 valence electrons. The van der Waals surface area contributed by atoms with Crippen molar-refractivity contribution in [2.45, 2.75) is 51.7 Å². The highest BCUT2D eigenvalue weighted by molar-refractivity contribution is 7.98. The Morgan fingerprint density at radius 1 is 1.00 bits per heavy atom. The Labute approximate surface area is 188 Å². The van der Waals surface area contributed by atoms with Crippen LogP contribution in [0, 0.1) is 6.92 Å². The monoisotopic (exact) mass is 445 g/mol. The van der Waals surface area contributed by atoms with Gasteiger partial charge in [-0.2, -0.15) is 11.8 Å².